The Labute approximate surface area is 96.6 Å². The summed E-state index contributed by atoms with van der Waals surface area (Å²) in [6, 6.07) is 0.376. The summed E-state index contributed by atoms with van der Waals surface area (Å²) in [5, 5.41) is 12.6. The van der Waals surface area contributed by atoms with E-state index in [4.69, 9.17) is 5.73 Å². The molecular formula is C12H22N2O2. The average molecular weight is 226 g/mol. The molecule has 0 aromatic heterocycles. The van der Waals surface area contributed by atoms with Gasteiger partial charge in [-0.3, -0.25) is 4.79 Å². The van der Waals surface area contributed by atoms with Gasteiger partial charge in [0.05, 0.1) is 6.10 Å². The highest BCUT2D eigenvalue weighted by molar-refractivity contribution is 5.79. The van der Waals surface area contributed by atoms with Crippen LogP contribution in [0.1, 0.15) is 44.9 Å². The number of nitrogens with one attached hydrogen (secondary N) is 1. The number of carbonyl (C=O) groups is 1. The van der Waals surface area contributed by atoms with Crippen LogP contribution < -0.4 is 11.1 Å². The lowest BCUT2D eigenvalue weighted by molar-refractivity contribution is -0.126. The van der Waals surface area contributed by atoms with Gasteiger partial charge in [-0.05, 0) is 44.9 Å². The first-order chi connectivity index (χ1) is 7.65. The van der Waals surface area contributed by atoms with Crippen LogP contribution in [0.2, 0.25) is 0 Å². The molecule has 0 saturated heterocycles. The maximum absolute atomic E-state index is 11.9. The van der Waals surface area contributed by atoms with E-state index >= 15 is 0 Å². The van der Waals surface area contributed by atoms with Crippen LogP contribution in [0.4, 0.5) is 0 Å². The fourth-order valence-electron chi connectivity index (χ4n) is 2.87. The highest BCUT2D eigenvalue weighted by Crippen LogP contribution is 2.25. The Balaban J connectivity index is 1.78. The molecule has 2 fully saturated rings. The summed E-state index contributed by atoms with van der Waals surface area (Å²) in [5.41, 5.74) is 5.80. The highest BCUT2D eigenvalue weighted by Gasteiger charge is 2.30. The van der Waals surface area contributed by atoms with Gasteiger partial charge in [0.2, 0.25) is 5.91 Å². The Morgan fingerprint density at radius 2 is 2.00 bits per heavy atom. The molecule has 0 radical (unpaired) electrons. The molecule has 4 atom stereocenters. The number of rotatable bonds is 2. The third-order valence-electron chi connectivity index (χ3n) is 3.84. The smallest absolute Gasteiger partial charge is 0.223 e. The van der Waals surface area contributed by atoms with Crippen LogP contribution in [0, 0.1) is 5.92 Å². The second-order valence-electron chi connectivity index (χ2n) is 5.30. The molecule has 0 aliphatic heterocycles. The fraction of sp³-hybridized carbons (Fsp3) is 0.917. The fourth-order valence-corrected chi connectivity index (χ4v) is 2.87. The molecule has 0 aromatic rings. The Bertz CT molecular complexity index is 257. The van der Waals surface area contributed by atoms with Crippen LogP contribution >= 0.6 is 0 Å². The molecule has 2 rings (SSSR count). The van der Waals surface area contributed by atoms with E-state index in [1.807, 2.05) is 0 Å². The van der Waals surface area contributed by atoms with E-state index in [9.17, 15) is 9.90 Å². The second kappa shape index (κ2) is 5.15. The molecule has 4 N–H and O–H groups in total. The van der Waals surface area contributed by atoms with Crippen LogP contribution in [-0.4, -0.2) is 29.2 Å². The van der Waals surface area contributed by atoms with E-state index in [1.54, 1.807) is 0 Å². The van der Waals surface area contributed by atoms with Gasteiger partial charge in [0.1, 0.15) is 0 Å². The van der Waals surface area contributed by atoms with Gasteiger partial charge in [-0.15, -0.1) is 0 Å². The lowest BCUT2D eigenvalue weighted by Crippen LogP contribution is -2.42. The van der Waals surface area contributed by atoms with Crippen LogP contribution in [0.3, 0.4) is 0 Å². The van der Waals surface area contributed by atoms with Gasteiger partial charge in [0, 0.05) is 18.0 Å². The van der Waals surface area contributed by atoms with Gasteiger partial charge < -0.3 is 16.2 Å². The molecule has 0 aromatic carbocycles. The number of nitrogens with two attached hydrogens (primary N) is 1. The van der Waals surface area contributed by atoms with E-state index in [-0.39, 0.29) is 30.0 Å². The number of aliphatic hydroxyl groups excluding tert-OH is 1. The van der Waals surface area contributed by atoms with E-state index < -0.39 is 0 Å². The normalized spacial score (nSPS) is 39.6. The molecule has 4 heteroatoms. The molecule has 4 nitrogen and oxygen atoms in total. The predicted octanol–water partition coefficient (Wildman–Crippen LogP) is 0.533. The lowest BCUT2D eigenvalue weighted by atomic mass is 9.92. The minimum atomic E-state index is -0.232. The Morgan fingerprint density at radius 3 is 2.62 bits per heavy atom. The molecule has 2 aliphatic rings. The van der Waals surface area contributed by atoms with E-state index in [2.05, 4.69) is 5.32 Å². The van der Waals surface area contributed by atoms with Gasteiger partial charge in [-0.2, -0.15) is 0 Å². The molecule has 4 unspecified atom stereocenters. The summed E-state index contributed by atoms with van der Waals surface area (Å²) < 4.78 is 0. The zero-order valence-corrected chi connectivity index (χ0v) is 9.69. The zero-order valence-electron chi connectivity index (χ0n) is 9.69. The number of aliphatic hydroxyl groups is 1. The number of carbonyl (C=O) groups excluding carboxylic acids is 1. The van der Waals surface area contributed by atoms with Gasteiger partial charge in [-0.1, -0.05) is 0 Å². The van der Waals surface area contributed by atoms with Crippen molar-refractivity contribution in [3.63, 3.8) is 0 Å². The van der Waals surface area contributed by atoms with E-state index in [1.165, 1.54) is 0 Å². The van der Waals surface area contributed by atoms with E-state index in [0.717, 1.165) is 38.5 Å². The predicted molar refractivity (Wildman–Crippen MR) is 61.7 cm³/mol. The van der Waals surface area contributed by atoms with Gasteiger partial charge >= 0.3 is 0 Å². The topological polar surface area (TPSA) is 75.4 Å². The Morgan fingerprint density at radius 1 is 1.19 bits per heavy atom. The number of hydrogen-bond donors (Lipinski definition) is 3. The largest absolute Gasteiger partial charge is 0.393 e. The molecule has 2 saturated carbocycles. The molecule has 0 spiro atoms. The standard InChI is InChI=1S/C12H22N2O2/c13-9-5-4-8(6-9)12(16)14-10-2-1-3-11(15)7-10/h8-11,15H,1-7,13H2,(H,14,16). The van der Waals surface area contributed by atoms with Crippen LogP contribution in [0.25, 0.3) is 0 Å². The molecular weight excluding hydrogens is 204 g/mol. The Hall–Kier alpha value is -0.610. The van der Waals surface area contributed by atoms with Gasteiger partial charge in [0.25, 0.3) is 0 Å². The van der Waals surface area contributed by atoms with Crippen LogP contribution in [-0.2, 0) is 4.79 Å². The second-order valence-corrected chi connectivity index (χ2v) is 5.30. The van der Waals surface area contributed by atoms with Crippen molar-refractivity contribution >= 4 is 5.91 Å². The van der Waals surface area contributed by atoms with Crippen molar-refractivity contribution in [3.05, 3.63) is 0 Å². The summed E-state index contributed by atoms with van der Waals surface area (Å²) >= 11 is 0. The highest BCUT2D eigenvalue weighted by atomic mass is 16.3. The summed E-state index contributed by atoms with van der Waals surface area (Å²) in [6.45, 7) is 0. The average Bonchev–Trinajstić information content (AvgIpc) is 2.65. The molecule has 2 aliphatic carbocycles. The first-order valence-electron chi connectivity index (χ1n) is 6.39. The first kappa shape index (κ1) is 11.9. The summed E-state index contributed by atoms with van der Waals surface area (Å²) in [7, 11) is 0. The monoisotopic (exact) mass is 226 g/mol. The third kappa shape index (κ3) is 2.95. The SMILES string of the molecule is NC1CCC(C(=O)NC2CCCC(O)C2)C1. The van der Waals surface area contributed by atoms with Crippen molar-refractivity contribution in [2.75, 3.05) is 0 Å². The van der Waals surface area contributed by atoms with E-state index in [0.29, 0.717) is 6.42 Å². The number of hydrogen-bond acceptors (Lipinski definition) is 3. The molecule has 1 amide bonds. The quantitative estimate of drug-likeness (QED) is 0.643. The molecule has 0 bridgehead atoms. The summed E-state index contributed by atoms with van der Waals surface area (Å²) in [6.07, 6.45) is 6.07. The van der Waals surface area contributed by atoms with Crippen molar-refractivity contribution in [2.45, 2.75) is 63.1 Å². The van der Waals surface area contributed by atoms with Crippen LogP contribution in [0.15, 0.2) is 0 Å². The molecule has 0 heterocycles. The van der Waals surface area contributed by atoms with Crippen molar-refractivity contribution in [1.29, 1.82) is 0 Å². The van der Waals surface area contributed by atoms with Crippen molar-refractivity contribution < 1.29 is 9.90 Å². The minimum Gasteiger partial charge on any atom is -0.393 e. The van der Waals surface area contributed by atoms with Crippen molar-refractivity contribution in [1.82, 2.24) is 5.32 Å². The van der Waals surface area contributed by atoms with Gasteiger partial charge in [0.15, 0.2) is 0 Å². The minimum absolute atomic E-state index is 0.106. The maximum Gasteiger partial charge on any atom is 0.223 e. The van der Waals surface area contributed by atoms with Gasteiger partial charge in [-0.25, -0.2) is 0 Å². The Kier molecular flexibility index (Phi) is 3.82. The van der Waals surface area contributed by atoms with Crippen molar-refractivity contribution in [3.8, 4) is 0 Å². The zero-order chi connectivity index (χ0) is 11.5. The number of amides is 1. The third-order valence-corrected chi connectivity index (χ3v) is 3.84. The lowest BCUT2D eigenvalue weighted by Gasteiger charge is -2.27. The van der Waals surface area contributed by atoms with Crippen LogP contribution in [0.5, 0.6) is 0 Å². The first-order valence-corrected chi connectivity index (χ1v) is 6.39. The summed E-state index contributed by atoms with van der Waals surface area (Å²) in [4.78, 5) is 11.9. The summed E-state index contributed by atoms with van der Waals surface area (Å²) in [5.74, 6) is 0.251. The molecule has 16 heavy (non-hydrogen) atoms. The molecule has 92 valence electrons. The van der Waals surface area contributed by atoms with Crippen molar-refractivity contribution in [2.24, 2.45) is 11.7 Å². The maximum atomic E-state index is 11.9.